The van der Waals surface area contributed by atoms with E-state index in [4.69, 9.17) is 10.8 Å². The minimum atomic E-state index is -0.410. The summed E-state index contributed by atoms with van der Waals surface area (Å²) in [4.78, 5) is 2.65. The lowest BCUT2D eigenvalue weighted by Crippen LogP contribution is -2.23. The van der Waals surface area contributed by atoms with E-state index in [9.17, 15) is 0 Å². The number of azide groups is 1. The van der Waals surface area contributed by atoms with Crippen LogP contribution < -0.4 is 5.32 Å². The van der Waals surface area contributed by atoms with Gasteiger partial charge >= 0.3 is 0 Å². The Labute approximate surface area is 99.7 Å². The van der Waals surface area contributed by atoms with Gasteiger partial charge in [0.1, 0.15) is 6.04 Å². The van der Waals surface area contributed by atoms with Gasteiger partial charge in [0.15, 0.2) is 0 Å². The third-order valence-corrected chi connectivity index (χ3v) is 2.34. The minimum absolute atomic E-state index is 0.330. The number of nitrogens with one attached hydrogen (secondary N) is 1. The lowest BCUT2D eigenvalue weighted by Gasteiger charge is -2.09. The normalized spacial score (nSPS) is 11.6. The molecule has 0 aliphatic rings. The molecule has 1 atom stereocenters. The fourth-order valence-electron chi connectivity index (χ4n) is 1.60. The fraction of sp³-hybridized carbons (Fsp3) is 0.600. The molecular formula is C10H15N7. The van der Waals surface area contributed by atoms with E-state index in [0.717, 1.165) is 17.7 Å². The molecule has 1 rings (SSSR count). The summed E-state index contributed by atoms with van der Waals surface area (Å²) in [5, 5.41) is 19.8. The number of aryl methyl sites for hydroxylation is 2. The third kappa shape index (κ3) is 3.48. The molecule has 1 heterocycles. The summed E-state index contributed by atoms with van der Waals surface area (Å²) in [6.45, 7) is 2.80. The quantitative estimate of drug-likeness (QED) is 0.348. The molecule has 1 unspecified atom stereocenters. The van der Waals surface area contributed by atoms with Crippen LogP contribution in [0.25, 0.3) is 10.4 Å². The highest BCUT2D eigenvalue weighted by Gasteiger charge is 2.16. The predicted molar refractivity (Wildman–Crippen MR) is 63.0 cm³/mol. The maximum absolute atomic E-state index is 9.11. The van der Waals surface area contributed by atoms with E-state index in [1.807, 2.05) is 20.2 Å². The van der Waals surface area contributed by atoms with E-state index < -0.39 is 6.04 Å². The van der Waals surface area contributed by atoms with Gasteiger partial charge in [-0.2, -0.15) is 10.4 Å². The smallest absolute Gasteiger partial charge is 0.124 e. The van der Waals surface area contributed by atoms with Crippen molar-refractivity contribution < 1.29 is 0 Å². The average molecular weight is 233 g/mol. The van der Waals surface area contributed by atoms with E-state index in [1.165, 1.54) is 0 Å². The zero-order valence-electron chi connectivity index (χ0n) is 9.96. The minimum Gasteiger partial charge on any atom is -0.298 e. The molecule has 0 bridgehead atoms. The molecule has 0 fully saturated rings. The maximum atomic E-state index is 9.11. The van der Waals surface area contributed by atoms with Crippen molar-refractivity contribution in [3.05, 3.63) is 27.9 Å². The molecule has 0 spiro atoms. The number of aromatic nitrogens is 2. The Bertz CT molecular complexity index is 450. The summed E-state index contributed by atoms with van der Waals surface area (Å²) in [5.41, 5.74) is 9.94. The topological polar surface area (TPSA) is 102 Å². The van der Waals surface area contributed by atoms with Crippen molar-refractivity contribution in [2.24, 2.45) is 12.2 Å². The number of hydrogen-bond acceptors (Lipinski definition) is 4. The van der Waals surface area contributed by atoms with Gasteiger partial charge in [-0.15, -0.1) is 0 Å². The zero-order chi connectivity index (χ0) is 12.7. The van der Waals surface area contributed by atoms with E-state index in [1.54, 1.807) is 4.68 Å². The van der Waals surface area contributed by atoms with Crippen LogP contribution in [0.1, 0.15) is 24.2 Å². The van der Waals surface area contributed by atoms with Gasteiger partial charge in [-0.1, -0.05) is 12.0 Å². The van der Waals surface area contributed by atoms with Crippen molar-refractivity contribution >= 4 is 0 Å². The first-order valence-corrected chi connectivity index (χ1v) is 5.39. The Morgan fingerprint density at radius 1 is 1.76 bits per heavy atom. The first-order valence-electron chi connectivity index (χ1n) is 5.39. The summed E-state index contributed by atoms with van der Waals surface area (Å²) in [6, 6.07) is 1.77. The van der Waals surface area contributed by atoms with E-state index in [-0.39, 0.29) is 0 Å². The van der Waals surface area contributed by atoms with Gasteiger partial charge in [0.25, 0.3) is 0 Å². The van der Waals surface area contributed by atoms with Crippen molar-refractivity contribution in [2.45, 2.75) is 19.4 Å². The highest BCUT2D eigenvalue weighted by atomic mass is 15.3. The number of hydrogen-bond donors (Lipinski definition) is 1. The maximum Gasteiger partial charge on any atom is 0.124 e. The van der Waals surface area contributed by atoms with Crippen molar-refractivity contribution in [3.63, 3.8) is 0 Å². The summed E-state index contributed by atoms with van der Waals surface area (Å²) in [7, 11) is 1.83. The Balaban J connectivity index is 2.72. The van der Waals surface area contributed by atoms with Gasteiger partial charge in [0.05, 0.1) is 11.8 Å². The fourth-order valence-corrected chi connectivity index (χ4v) is 1.60. The monoisotopic (exact) mass is 233 g/mol. The first-order chi connectivity index (χ1) is 8.22. The van der Waals surface area contributed by atoms with Crippen LogP contribution in [-0.4, -0.2) is 22.9 Å². The van der Waals surface area contributed by atoms with Crippen LogP contribution in [0.3, 0.4) is 0 Å². The molecule has 1 N–H and O–H groups in total. The lowest BCUT2D eigenvalue weighted by atomic mass is 10.1. The van der Waals surface area contributed by atoms with Crippen molar-refractivity contribution in [1.82, 2.24) is 15.1 Å². The molecule has 17 heavy (non-hydrogen) atoms. The van der Waals surface area contributed by atoms with Crippen LogP contribution in [0.4, 0.5) is 0 Å². The molecule has 0 amide bonds. The Morgan fingerprint density at radius 3 is 3.12 bits per heavy atom. The second-order valence-corrected chi connectivity index (χ2v) is 3.53. The summed E-state index contributed by atoms with van der Waals surface area (Å²) >= 11 is 0. The standard InChI is InChI=1S/C10H15N7/c1-3-9-8(7-17(2)15-9)10(6-11)13-4-5-14-16-12/h7,10,13H,3-5H2,1-2H3. The SMILES string of the molecule is CCc1nn(C)cc1C(C#N)NCCN=[N+]=[N-]. The van der Waals surface area contributed by atoms with E-state index in [2.05, 4.69) is 26.5 Å². The second-order valence-electron chi connectivity index (χ2n) is 3.53. The molecule has 0 aliphatic heterocycles. The second kappa shape index (κ2) is 6.53. The van der Waals surface area contributed by atoms with Crippen molar-refractivity contribution in [3.8, 4) is 6.07 Å². The van der Waals surface area contributed by atoms with Crippen LogP contribution >= 0.6 is 0 Å². The van der Waals surface area contributed by atoms with Crippen LogP contribution in [0.15, 0.2) is 11.3 Å². The van der Waals surface area contributed by atoms with Crippen molar-refractivity contribution in [2.75, 3.05) is 13.1 Å². The average Bonchev–Trinajstić information content (AvgIpc) is 2.70. The molecule has 0 saturated heterocycles. The summed E-state index contributed by atoms with van der Waals surface area (Å²) in [6.07, 6.45) is 2.62. The lowest BCUT2D eigenvalue weighted by molar-refractivity contribution is 0.630. The summed E-state index contributed by atoms with van der Waals surface area (Å²) < 4.78 is 1.70. The van der Waals surface area contributed by atoms with Gasteiger partial charge < -0.3 is 0 Å². The highest BCUT2D eigenvalue weighted by Crippen LogP contribution is 2.16. The molecule has 1 aromatic heterocycles. The number of nitriles is 1. The molecule has 7 nitrogen and oxygen atoms in total. The highest BCUT2D eigenvalue weighted by molar-refractivity contribution is 5.26. The summed E-state index contributed by atoms with van der Waals surface area (Å²) in [5.74, 6) is 0. The first kappa shape index (κ1) is 13.0. The van der Waals surface area contributed by atoms with Crippen LogP contribution in [0.2, 0.25) is 0 Å². The van der Waals surface area contributed by atoms with Gasteiger partial charge in [-0.3, -0.25) is 10.00 Å². The van der Waals surface area contributed by atoms with Crippen LogP contribution in [0, 0.1) is 11.3 Å². The Kier molecular flexibility index (Phi) is 5.01. The largest absolute Gasteiger partial charge is 0.298 e. The van der Waals surface area contributed by atoms with E-state index >= 15 is 0 Å². The Morgan fingerprint density at radius 2 is 2.53 bits per heavy atom. The molecule has 90 valence electrons. The van der Waals surface area contributed by atoms with Gasteiger partial charge in [0.2, 0.25) is 0 Å². The molecule has 0 aliphatic carbocycles. The van der Waals surface area contributed by atoms with Gasteiger partial charge in [0, 0.05) is 36.8 Å². The van der Waals surface area contributed by atoms with Crippen LogP contribution in [-0.2, 0) is 13.5 Å². The molecule has 0 saturated carbocycles. The molecule has 1 aromatic rings. The van der Waals surface area contributed by atoms with Crippen LogP contribution in [0.5, 0.6) is 0 Å². The molecular weight excluding hydrogens is 218 g/mol. The predicted octanol–water partition coefficient (Wildman–Crippen LogP) is 1.45. The van der Waals surface area contributed by atoms with Gasteiger partial charge in [-0.05, 0) is 12.0 Å². The molecule has 0 radical (unpaired) electrons. The van der Waals surface area contributed by atoms with E-state index in [0.29, 0.717) is 13.1 Å². The molecule has 0 aromatic carbocycles. The zero-order valence-corrected chi connectivity index (χ0v) is 9.96. The van der Waals surface area contributed by atoms with Gasteiger partial charge in [-0.25, -0.2) is 0 Å². The third-order valence-electron chi connectivity index (χ3n) is 2.34. The Hall–Kier alpha value is -2.03. The number of nitrogens with zero attached hydrogens (tertiary/aromatic N) is 6. The molecule has 7 heteroatoms. The van der Waals surface area contributed by atoms with Crippen molar-refractivity contribution in [1.29, 1.82) is 5.26 Å². The number of rotatable bonds is 6.